The first-order chi connectivity index (χ1) is 17.5. The molecule has 2 N–H and O–H groups in total. The average molecular weight is 536 g/mol. The molecule has 1 aromatic heterocycles. The molecule has 0 atom stereocenters. The normalized spacial score (nSPS) is 11.7. The Morgan fingerprint density at radius 2 is 1.68 bits per heavy atom. The molecule has 0 amide bonds. The zero-order chi connectivity index (χ0) is 26.6. The molecule has 0 unspecified atom stereocenters. The van der Waals surface area contributed by atoms with E-state index < -0.39 is 16.0 Å². The Bertz CT molecular complexity index is 1490. The standard InChI is InChI=1S/C28H29N3O4S2/c1-19-10-13-21(28(2,3)4)16-25(19)37(33,34)31-23-14-11-20(12-15-23)26(32)35-17-24-18-36-27(30-24)29-22-8-6-5-7-9-22/h5-16,18,31H,17H2,1-4H3,(H,29,30). The number of benzene rings is 3. The summed E-state index contributed by atoms with van der Waals surface area (Å²) < 4.78 is 34.2. The van der Waals surface area contributed by atoms with Crippen molar-refractivity contribution in [3.05, 3.63) is 101 Å². The second-order valence-corrected chi connectivity index (χ2v) is 12.1. The number of thiazole rings is 1. The van der Waals surface area contributed by atoms with E-state index in [0.717, 1.165) is 11.3 Å². The Labute approximate surface area is 221 Å². The minimum atomic E-state index is -3.81. The Morgan fingerprint density at radius 3 is 2.35 bits per heavy atom. The summed E-state index contributed by atoms with van der Waals surface area (Å²) in [5.74, 6) is -0.520. The van der Waals surface area contributed by atoms with Gasteiger partial charge in [0.05, 0.1) is 16.2 Å². The topological polar surface area (TPSA) is 97.4 Å². The van der Waals surface area contributed by atoms with Crippen molar-refractivity contribution in [2.45, 2.75) is 44.6 Å². The summed E-state index contributed by atoms with van der Waals surface area (Å²) >= 11 is 1.42. The lowest BCUT2D eigenvalue weighted by Gasteiger charge is -2.21. The van der Waals surface area contributed by atoms with Crippen molar-refractivity contribution in [2.24, 2.45) is 0 Å². The maximum Gasteiger partial charge on any atom is 0.338 e. The van der Waals surface area contributed by atoms with Crippen molar-refractivity contribution in [3.8, 4) is 0 Å². The van der Waals surface area contributed by atoms with Gasteiger partial charge in [-0.1, -0.05) is 51.1 Å². The highest BCUT2D eigenvalue weighted by Gasteiger charge is 2.22. The number of ether oxygens (including phenoxy) is 1. The molecule has 37 heavy (non-hydrogen) atoms. The summed E-state index contributed by atoms with van der Waals surface area (Å²) in [5, 5.41) is 5.74. The van der Waals surface area contributed by atoms with Crippen LogP contribution in [0, 0.1) is 6.92 Å². The summed E-state index contributed by atoms with van der Waals surface area (Å²) in [6.45, 7) is 7.91. The maximum atomic E-state index is 13.1. The second kappa shape index (κ2) is 10.7. The molecule has 0 fully saturated rings. The SMILES string of the molecule is Cc1ccc(C(C)(C)C)cc1S(=O)(=O)Nc1ccc(C(=O)OCc2csc(Nc3ccccc3)n2)cc1. The Kier molecular flexibility index (Phi) is 7.65. The van der Waals surface area contributed by atoms with Crippen molar-refractivity contribution >= 4 is 43.8 Å². The first kappa shape index (κ1) is 26.4. The number of nitrogens with one attached hydrogen (secondary N) is 2. The lowest BCUT2D eigenvalue weighted by molar-refractivity contribution is 0.0468. The maximum absolute atomic E-state index is 13.1. The third-order valence-corrected chi connectivity index (χ3v) is 7.97. The van der Waals surface area contributed by atoms with Gasteiger partial charge in [0, 0.05) is 16.8 Å². The third-order valence-electron chi connectivity index (χ3n) is 5.64. The van der Waals surface area contributed by atoms with Crippen LogP contribution < -0.4 is 10.0 Å². The molecule has 1 heterocycles. The van der Waals surface area contributed by atoms with E-state index in [0.29, 0.717) is 27.6 Å². The molecule has 9 heteroatoms. The lowest BCUT2D eigenvalue weighted by Crippen LogP contribution is -2.17. The smallest absolute Gasteiger partial charge is 0.338 e. The van der Waals surface area contributed by atoms with Gasteiger partial charge in [-0.2, -0.15) is 0 Å². The van der Waals surface area contributed by atoms with Crippen molar-refractivity contribution in [2.75, 3.05) is 10.0 Å². The zero-order valence-electron chi connectivity index (χ0n) is 21.1. The van der Waals surface area contributed by atoms with E-state index in [1.54, 1.807) is 25.1 Å². The zero-order valence-corrected chi connectivity index (χ0v) is 22.7. The highest BCUT2D eigenvalue weighted by molar-refractivity contribution is 7.92. The number of rotatable bonds is 8. The summed E-state index contributed by atoms with van der Waals surface area (Å²) in [6.07, 6.45) is 0. The summed E-state index contributed by atoms with van der Waals surface area (Å²) in [7, 11) is -3.81. The van der Waals surface area contributed by atoms with Crippen LogP contribution >= 0.6 is 11.3 Å². The van der Waals surface area contributed by atoms with Crippen molar-refractivity contribution in [1.82, 2.24) is 4.98 Å². The van der Waals surface area contributed by atoms with Gasteiger partial charge in [-0.25, -0.2) is 18.2 Å². The molecule has 0 saturated heterocycles. The number of sulfonamides is 1. The molecule has 0 radical (unpaired) electrons. The molecular formula is C28H29N3O4S2. The van der Waals surface area contributed by atoms with E-state index in [2.05, 4.69) is 15.0 Å². The predicted octanol–water partition coefficient (Wildman–Crippen LogP) is 6.65. The highest BCUT2D eigenvalue weighted by atomic mass is 32.2. The van der Waals surface area contributed by atoms with E-state index in [1.165, 1.54) is 23.5 Å². The fraction of sp³-hybridized carbons (Fsp3) is 0.214. The number of aromatic nitrogens is 1. The fourth-order valence-corrected chi connectivity index (χ4v) is 5.58. The Balaban J connectivity index is 1.37. The van der Waals surface area contributed by atoms with Gasteiger partial charge < -0.3 is 10.1 Å². The minimum Gasteiger partial charge on any atom is -0.456 e. The molecule has 0 saturated carbocycles. The van der Waals surface area contributed by atoms with E-state index in [1.807, 2.05) is 68.6 Å². The van der Waals surface area contributed by atoms with Crippen molar-refractivity contribution in [3.63, 3.8) is 0 Å². The molecule has 192 valence electrons. The molecule has 3 aromatic carbocycles. The van der Waals surface area contributed by atoms with Crippen LogP contribution in [0.2, 0.25) is 0 Å². The number of carbonyl (C=O) groups excluding carboxylic acids is 1. The van der Waals surface area contributed by atoms with Crippen molar-refractivity contribution in [1.29, 1.82) is 0 Å². The van der Waals surface area contributed by atoms with E-state index in [-0.39, 0.29) is 16.9 Å². The third kappa shape index (κ3) is 6.75. The molecule has 7 nitrogen and oxygen atoms in total. The number of aryl methyl sites for hydroxylation is 1. The number of hydrogen-bond donors (Lipinski definition) is 2. The summed E-state index contributed by atoms with van der Waals surface area (Å²) in [4.78, 5) is 17.2. The van der Waals surface area contributed by atoms with Crippen molar-refractivity contribution < 1.29 is 17.9 Å². The number of nitrogens with zero attached hydrogens (tertiary/aromatic N) is 1. The van der Waals surface area contributed by atoms with Gasteiger partial charge in [0.1, 0.15) is 6.61 Å². The van der Waals surface area contributed by atoms with E-state index in [9.17, 15) is 13.2 Å². The molecule has 0 aliphatic rings. The monoisotopic (exact) mass is 535 g/mol. The molecule has 0 bridgehead atoms. The summed E-state index contributed by atoms with van der Waals surface area (Å²) in [6, 6.07) is 21.3. The van der Waals surface area contributed by atoms with Gasteiger partial charge in [0.25, 0.3) is 10.0 Å². The largest absolute Gasteiger partial charge is 0.456 e. The number of anilines is 3. The Hall–Kier alpha value is -3.69. The number of hydrogen-bond acceptors (Lipinski definition) is 7. The summed E-state index contributed by atoms with van der Waals surface area (Å²) in [5.41, 5.74) is 3.63. The van der Waals surface area contributed by atoms with Crippen LogP contribution in [0.5, 0.6) is 0 Å². The van der Waals surface area contributed by atoms with Crippen LogP contribution in [-0.4, -0.2) is 19.4 Å². The molecule has 4 aromatic rings. The molecule has 0 aliphatic carbocycles. The molecule has 0 spiro atoms. The predicted molar refractivity (Wildman–Crippen MR) is 148 cm³/mol. The van der Waals surface area contributed by atoms with Crippen LogP contribution in [-0.2, 0) is 26.8 Å². The van der Waals surface area contributed by atoms with E-state index in [4.69, 9.17) is 4.74 Å². The van der Waals surface area contributed by atoms with Crippen LogP contribution in [0.3, 0.4) is 0 Å². The first-order valence-corrected chi connectivity index (χ1v) is 14.1. The number of para-hydroxylation sites is 1. The first-order valence-electron chi connectivity index (χ1n) is 11.7. The van der Waals surface area contributed by atoms with Gasteiger partial charge in [0.15, 0.2) is 5.13 Å². The van der Waals surface area contributed by atoms with Gasteiger partial charge in [-0.15, -0.1) is 11.3 Å². The minimum absolute atomic E-state index is 0.0313. The Morgan fingerprint density at radius 1 is 0.973 bits per heavy atom. The van der Waals surface area contributed by atoms with Gasteiger partial charge in [-0.05, 0) is 65.9 Å². The molecular weight excluding hydrogens is 506 g/mol. The molecule has 0 aliphatic heterocycles. The van der Waals surface area contributed by atoms with Gasteiger partial charge in [-0.3, -0.25) is 4.72 Å². The van der Waals surface area contributed by atoms with Crippen LogP contribution in [0.4, 0.5) is 16.5 Å². The van der Waals surface area contributed by atoms with Crippen LogP contribution in [0.25, 0.3) is 0 Å². The number of carbonyl (C=O) groups is 1. The quantitative estimate of drug-likeness (QED) is 0.245. The van der Waals surface area contributed by atoms with Crippen LogP contribution in [0.15, 0.2) is 83.1 Å². The lowest BCUT2D eigenvalue weighted by atomic mass is 9.87. The van der Waals surface area contributed by atoms with E-state index >= 15 is 0 Å². The number of esters is 1. The fourth-order valence-electron chi connectivity index (χ4n) is 3.54. The molecule has 4 rings (SSSR count). The average Bonchev–Trinajstić information content (AvgIpc) is 3.30. The van der Waals surface area contributed by atoms with Gasteiger partial charge >= 0.3 is 5.97 Å². The van der Waals surface area contributed by atoms with Gasteiger partial charge in [0.2, 0.25) is 0 Å². The second-order valence-electron chi connectivity index (χ2n) is 9.62. The van der Waals surface area contributed by atoms with Crippen LogP contribution in [0.1, 0.15) is 48.0 Å². The highest BCUT2D eigenvalue weighted by Crippen LogP contribution is 2.28.